The van der Waals surface area contributed by atoms with Crippen LogP contribution in [-0.2, 0) is 11.3 Å². The lowest BCUT2D eigenvalue weighted by molar-refractivity contribution is -0.123. The van der Waals surface area contributed by atoms with E-state index in [4.69, 9.17) is 23.7 Å². The van der Waals surface area contributed by atoms with Crippen LogP contribution in [0.15, 0.2) is 18.2 Å². The van der Waals surface area contributed by atoms with Crippen molar-refractivity contribution in [1.82, 2.24) is 4.90 Å². The van der Waals surface area contributed by atoms with Crippen LogP contribution in [0.4, 0.5) is 0 Å². The normalized spacial score (nSPS) is 17.1. The molecule has 1 heterocycles. The van der Waals surface area contributed by atoms with Crippen LogP contribution in [0.25, 0.3) is 0 Å². The number of carbonyl (C=O) groups is 1. The third-order valence-corrected chi connectivity index (χ3v) is 4.25. The van der Waals surface area contributed by atoms with E-state index in [1.165, 1.54) is 11.1 Å². The maximum Gasteiger partial charge on any atom is 0.220 e. The van der Waals surface area contributed by atoms with Gasteiger partial charge in [0.25, 0.3) is 0 Å². The highest BCUT2D eigenvalue weighted by molar-refractivity contribution is 7.80. The Kier molecular flexibility index (Phi) is 4.73. The molecule has 0 saturated carbocycles. The molecule has 1 aromatic carbocycles. The van der Waals surface area contributed by atoms with Gasteiger partial charge in [-0.1, -0.05) is 24.4 Å². The van der Waals surface area contributed by atoms with E-state index >= 15 is 0 Å². The van der Waals surface area contributed by atoms with Crippen molar-refractivity contribution in [1.29, 1.82) is 0 Å². The molecule has 1 fully saturated rings. The molecule has 1 aliphatic rings. The molecule has 1 aromatic rings. The second kappa shape index (κ2) is 6.33. The van der Waals surface area contributed by atoms with E-state index in [0.717, 1.165) is 38.0 Å². The Labute approximate surface area is 125 Å². The molecule has 4 N–H and O–H groups in total. The van der Waals surface area contributed by atoms with Crippen LogP contribution in [0, 0.1) is 12.8 Å². The molecule has 5 heteroatoms. The zero-order valence-electron chi connectivity index (χ0n) is 11.8. The van der Waals surface area contributed by atoms with E-state index in [1.54, 1.807) is 0 Å². The standard InChI is InChI=1S/C15H21N3OS/c1-10-8-12(15(17)20)2-3-13(10)9-18-6-4-11(5-7-18)14(16)19/h2-3,8,11H,4-7,9H2,1H3,(H2,16,19)(H2,17,20). The monoisotopic (exact) mass is 291 g/mol. The fourth-order valence-corrected chi connectivity index (χ4v) is 2.77. The van der Waals surface area contributed by atoms with Crippen LogP contribution in [-0.4, -0.2) is 28.9 Å². The molecule has 1 amide bonds. The number of aryl methyl sites for hydroxylation is 1. The van der Waals surface area contributed by atoms with E-state index in [1.807, 2.05) is 12.1 Å². The minimum atomic E-state index is -0.165. The van der Waals surface area contributed by atoms with Crippen molar-refractivity contribution in [3.8, 4) is 0 Å². The lowest BCUT2D eigenvalue weighted by Gasteiger charge is -2.30. The van der Waals surface area contributed by atoms with E-state index in [2.05, 4.69) is 17.9 Å². The largest absolute Gasteiger partial charge is 0.389 e. The smallest absolute Gasteiger partial charge is 0.220 e. The van der Waals surface area contributed by atoms with E-state index < -0.39 is 0 Å². The Hall–Kier alpha value is -1.46. The Balaban J connectivity index is 1.98. The number of amides is 1. The fourth-order valence-electron chi connectivity index (χ4n) is 2.64. The van der Waals surface area contributed by atoms with Crippen molar-refractivity contribution in [2.45, 2.75) is 26.3 Å². The summed E-state index contributed by atoms with van der Waals surface area (Å²) in [5.41, 5.74) is 14.4. The highest BCUT2D eigenvalue weighted by atomic mass is 32.1. The summed E-state index contributed by atoms with van der Waals surface area (Å²) in [5, 5.41) is 0. The number of likely N-dealkylation sites (tertiary alicyclic amines) is 1. The number of piperidine rings is 1. The van der Waals surface area contributed by atoms with Crippen LogP contribution in [0.5, 0.6) is 0 Å². The molecular formula is C15H21N3OS. The summed E-state index contributed by atoms with van der Waals surface area (Å²) in [7, 11) is 0. The number of thiocarbonyl (C=S) groups is 1. The molecule has 20 heavy (non-hydrogen) atoms. The Morgan fingerprint density at radius 2 is 2.00 bits per heavy atom. The third kappa shape index (κ3) is 3.55. The average Bonchev–Trinajstić information content (AvgIpc) is 2.41. The van der Waals surface area contributed by atoms with Gasteiger partial charge >= 0.3 is 0 Å². The minimum absolute atomic E-state index is 0.0457. The van der Waals surface area contributed by atoms with Crippen molar-refractivity contribution < 1.29 is 4.79 Å². The molecule has 108 valence electrons. The van der Waals surface area contributed by atoms with Crippen LogP contribution in [0.3, 0.4) is 0 Å². The molecule has 0 bridgehead atoms. The van der Waals surface area contributed by atoms with Crippen molar-refractivity contribution in [2.75, 3.05) is 13.1 Å². The lowest BCUT2D eigenvalue weighted by atomic mass is 9.95. The molecule has 0 spiro atoms. The molecule has 0 radical (unpaired) electrons. The summed E-state index contributed by atoms with van der Waals surface area (Å²) < 4.78 is 0. The molecule has 2 rings (SSSR count). The quantitative estimate of drug-likeness (QED) is 0.821. The molecule has 0 atom stereocenters. The number of rotatable bonds is 4. The zero-order chi connectivity index (χ0) is 14.7. The van der Waals surface area contributed by atoms with Gasteiger partial charge in [0, 0.05) is 18.0 Å². The first kappa shape index (κ1) is 14.9. The van der Waals surface area contributed by atoms with Gasteiger partial charge in [-0.05, 0) is 50.0 Å². The number of primary amides is 1. The zero-order valence-corrected chi connectivity index (χ0v) is 12.6. The van der Waals surface area contributed by atoms with E-state index in [9.17, 15) is 4.79 Å². The summed E-state index contributed by atoms with van der Waals surface area (Å²) in [5.74, 6) is -0.119. The number of hydrogen-bond donors (Lipinski definition) is 2. The first-order valence-corrected chi connectivity index (χ1v) is 7.29. The second-order valence-electron chi connectivity index (χ2n) is 5.46. The van der Waals surface area contributed by atoms with Crippen LogP contribution >= 0.6 is 12.2 Å². The second-order valence-corrected chi connectivity index (χ2v) is 5.90. The summed E-state index contributed by atoms with van der Waals surface area (Å²) >= 11 is 4.99. The molecule has 1 aliphatic heterocycles. The summed E-state index contributed by atoms with van der Waals surface area (Å²) in [6.45, 7) is 4.82. The maximum atomic E-state index is 11.2. The van der Waals surface area contributed by atoms with Crippen molar-refractivity contribution in [3.05, 3.63) is 34.9 Å². The Bertz CT molecular complexity index is 522. The van der Waals surface area contributed by atoms with Gasteiger partial charge < -0.3 is 11.5 Å². The number of nitrogens with two attached hydrogens (primary N) is 2. The number of benzene rings is 1. The van der Waals surface area contributed by atoms with Crippen molar-refractivity contribution in [3.63, 3.8) is 0 Å². The van der Waals surface area contributed by atoms with Gasteiger partial charge in [0.1, 0.15) is 4.99 Å². The SMILES string of the molecule is Cc1cc(C(N)=S)ccc1CN1CCC(C(N)=O)CC1. The molecule has 0 aromatic heterocycles. The highest BCUT2D eigenvalue weighted by Crippen LogP contribution is 2.20. The van der Waals surface area contributed by atoms with E-state index in [0.29, 0.717) is 4.99 Å². The lowest BCUT2D eigenvalue weighted by Crippen LogP contribution is -2.38. The van der Waals surface area contributed by atoms with E-state index in [-0.39, 0.29) is 11.8 Å². The maximum absolute atomic E-state index is 11.2. The molecule has 4 nitrogen and oxygen atoms in total. The first-order chi connectivity index (χ1) is 9.47. The van der Waals surface area contributed by atoms with Gasteiger partial charge in [-0.25, -0.2) is 0 Å². The number of hydrogen-bond acceptors (Lipinski definition) is 3. The van der Waals surface area contributed by atoms with Crippen molar-refractivity contribution in [2.24, 2.45) is 17.4 Å². The Morgan fingerprint density at radius 1 is 1.35 bits per heavy atom. The van der Waals surface area contributed by atoms with Gasteiger partial charge in [-0.15, -0.1) is 0 Å². The van der Waals surface area contributed by atoms with Crippen LogP contribution < -0.4 is 11.5 Å². The molecule has 0 unspecified atom stereocenters. The number of carbonyl (C=O) groups excluding carboxylic acids is 1. The molecular weight excluding hydrogens is 270 g/mol. The van der Waals surface area contributed by atoms with Gasteiger partial charge in [0.2, 0.25) is 5.91 Å². The minimum Gasteiger partial charge on any atom is -0.389 e. The van der Waals surface area contributed by atoms with Crippen LogP contribution in [0.2, 0.25) is 0 Å². The van der Waals surface area contributed by atoms with Gasteiger partial charge in [0.05, 0.1) is 0 Å². The topological polar surface area (TPSA) is 72.3 Å². The number of nitrogens with zero attached hydrogens (tertiary/aromatic N) is 1. The fraction of sp³-hybridized carbons (Fsp3) is 0.467. The summed E-state index contributed by atoms with van der Waals surface area (Å²) in [6.07, 6.45) is 1.72. The summed E-state index contributed by atoms with van der Waals surface area (Å²) in [6, 6.07) is 6.10. The Morgan fingerprint density at radius 3 is 2.50 bits per heavy atom. The molecule has 0 aliphatic carbocycles. The highest BCUT2D eigenvalue weighted by Gasteiger charge is 2.23. The first-order valence-electron chi connectivity index (χ1n) is 6.88. The van der Waals surface area contributed by atoms with Gasteiger partial charge in [-0.3, -0.25) is 9.69 Å². The van der Waals surface area contributed by atoms with Gasteiger partial charge in [0.15, 0.2) is 0 Å². The predicted molar refractivity (Wildman–Crippen MR) is 84.3 cm³/mol. The molecule has 1 saturated heterocycles. The summed E-state index contributed by atoms with van der Waals surface area (Å²) in [4.78, 5) is 14.0. The van der Waals surface area contributed by atoms with Crippen LogP contribution in [0.1, 0.15) is 29.5 Å². The van der Waals surface area contributed by atoms with Gasteiger partial charge in [-0.2, -0.15) is 0 Å². The van der Waals surface area contributed by atoms with Crippen molar-refractivity contribution >= 4 is 23.1 Å². The predicted octanol–water partition coefficient (Wildman–Crippen LogP) is 1.33. The third-order valence-electron chi connectivity index (χ3n) is 4.01. The average molecular weight is 291 g/mol.